The van der Waals surface area contributed by atoms with Crippen molar-refractivity contribution in [2.45, 2.75) is 31.0 Å². The Labute approximate surface area is 133 Å². The molecule has 21 heavy (non-hydrogen) atoms. The molecule has 0 saturated carbocycles. The maximum absolute atomic E-state index is 11.9. The number of rotatable bonds is 6. The van der Waals surface area contributed by atoms with Gasteiger partial charge >= 0.3 is 0 Å². The molecule has 0 aliphatic heterocycles. The minimum Gasteiger partial charge on any atom is -0.399 e. The van der Waals surface area contributed by atoms with E-state index >= 15 is 0 Å². The van der Waals surface area contributed by atoms with E-state index in [1.165, 1.54) is 0 Å². The zero-order chi connectivity index (χ0) is 15.2. The smallest absolute Gasteiger partial charge is 0.224 e. The molecule has 6 heteroatoms. The zero-order valence-electron chi connectivity index (χ0n) is 12.2. The van der Waals surface area contributed by atoms with Crippen molar-refractivity contribution < 1.29 is 4.79 Å². The van der Waals surface area contributed by atoms with E-state index in [1.807, 2.05) is 31.4 Å². The van der Waals surface area contributed by atoms with Crippen molar-refractivity contribution in [2.75, 3.05) is 16.8 Å². The summed E-state index contributed by atoms with van der Waals surface area (Å²) in [4.78, 5) is 16.3. The quantitative estimate of drug-likeness (QED) is 0.482. The molecule has 3 N–H and O–H groups in total. The van der Waals surface area contributed by atoms with Crippen LogP contribution in [-0.2, 0) is 4.79 Å². The number of thiazole rings is 1. The minimum absolute atomic E-state index is 0.0405. The molecule has 0 aliphatic carbocycles. The van der Waals surface area contributed by atoms with E-state index in [4.69, 9.17) is 5.73 Å². The number of aryl methyl sites for hydroxylation is 2. The monoisotopic (exact) mass is 321 g/mol. The topological polar surface area (TPSA) is 68.0 Å². The van der Waals surface area contributed by atoms with Crippen LogP contribution in [0.15, 0.2) is 27.9 Å². The molecule has 0 atom stereocenters. The Morgan fingerprint density at radius 2 is 2.24 bits per heavy atom. The van der Waals surface area contributed by atoms with Gasteiger partial charge in [0.15, 0.2) is 0 Å². The summed E-state index contributed by atoms with van der Waals surface area (Å²) >= 11 is 3.36. The SMILES string of the molecule is Cc1csc(SCCCC(=O)Nc2ccc(N)cc2C)n1. The lowest BCUT2D eigenvalue weighted by atomic mass is 10.1. The largest absolute Gasteiger partial charge is 0.399 e. The second-order valence-corrected chi connectivity index (χ2v) is 7.03. The molecule has 0 aliphatic rings. The van der Waals surface area contributed by atoms with Crippen LogP contribution in [0.2, 0.25) is 0 Å². The summed E-state index contributed by atoms with van der Waals surface area (Å²) in [5, 5.41) is 4.96. The van der Waals surface area contributed by atoms with Crippen LogP contribution < -0.4 is 11.1 Å². The first-order chi connectivity index (χ1) is 10.0. The van der Waals surface area contributed by atoms with Gasteiger partial charge in [-0.05, 0) is 44.0 Å². The third kappa shape index (κ3) is 5.06. The van der Waals surface area contributed by atoms with Gasteiger partial charge in [0.2, 0.25) is 5.91 Å². The van der Waals surface area contributed by atoms with Crippen LogP contribution >= 0.6 is 23.1 Å². The van der Waals surface area contributed by atoms with Crippen molar-refractivity contribution >= 4 is 40.4 Å². The minimum atomic E-state index is 0.0405. The summed E-state index contributed by atoms with van der Waals surface area (Å²) in [6.45, 7) is 3.93. The lowest BCUT2D eigenvalue weighted by Crippen LogP contribution is -2.12. The third-order valence-electron chi connectivity index (χ3n) is 2.90. The summed E-state index contributed by atoms with van der Waals surface area (Å²) < 4.78 is 1.07. The summed E-state index contributed by atoms with van der Waals surface area (Å²) in [6.07, 6.45) is 1.35. The summed E-state index contributed by atoms with van der Waals surface area (Å²) in [6, 6.07) is 5.50. The Hall–Kier alpha value is -1.53. The number of nitrogens with one attached hydrogen (secondary N) is 1. The molecule has 1 heterocycles. The van der Waals surface area contributed by atoms with E-state index in [-0.39, 0.29) is 5.91 Å². The number of nitrogen functional groups attached to an aromatic ring is 1. The molecule has 1 aromatic carbocycles. The Kier molecular flexibility index (Phi) is 5.64. The van der Waals surface area contributed by atoms with Crippen molar-refractivity contribution in [1.82, 2.24) is 4.98 Å². The molecule has 2 rings (SSSR count). The highest BCUT2D eigenvalue weighted by Gasteiger charge is 2.06. The standard InChI is InChI=1S/C15H19N3OS2/c1-10-8-12(16)5-6-13(10)18-14(19)4-3-7-20-15-17-11(2)9-21-15/h5-6,8-9H,3-4,7,16H2,1-2H3,(H,18,19). The van der Waals surface area contributed by atoms with Crippen molar-refractivity contribution in [3.63, 3.8) is 0 Å². The van der Waals surface area contributed by atoms with Crippen LogP contribution in [0.4, 0.5) is 11.4 Å². The highest BCUT2D eigenvalue weighted by molar-refractivity contribution is 8.01. The van der Waals surface area contributed by atoms with Gasteiger partial charge in [-0.15, -0.1) is 11.3 Å². The number of carbonyl (C=O) groups excluding carboxylic acids is 1. The summed E-state index contributed by atoms with van der Waals surface area (Å²) in [5.74, 6) is 0.944. The van der Waals surface area contributed by atoms with Crippen LogP contribution in [0, 0.1) is 13.8 Å². The third-order valence-corrected chi connectivity index (χ3v) is 5.12. The molecular formula is C15H19N3OS2. The molecule has 0 radical (unpaired) electrons. The Morgan fingerprint density at radius 3 is 2.90 bits per heavy atom. The number of aromatic nitrogens is 1. The lowest BCUT2D eigenvalue weighted by Gasteiger charge is -2.08. The predicted octanol–water partition coefficient (Wildman–Crippen LogP) is 3.85. The van der Waals surface area contributed by atoms with Crippen LogP contribution in [0.5, 0.6) is 0 Å². The van der Waals surface area contributed by atoms with Crippen LogP contribution in [0.25, 0.3) is 0 Å². The molecule has 112 valence electrons. The first-order valence-corrected chi connectivity index (χ1v) is 8.62. The number of nitrogens with two attached hydrogens (primary N) is 1. The molecule has 4 nitrogen and oxygen atoms in total. The predicted molar refractivity (Wildman–Crippen MR) is 91.0 cm³/mol. The van der Waals surface area contributed by atoms with Crippen molar-refractivity contribution in [1.29, 1.82) is 0 Å². The second kappa shape index (κ2) is 7.47. The van der Waals surface area contributed by atoms with E-state index in [0.717, 1.165) is 33.5 Å². The molecule has 0 bridgehead atoms. The maximum Gasteiger partial charge on any atom is 0.224 e. The number of benzene rings is 1. The summed E-state index contributed by atoms with van der Waals surface area (Å²) in [7, 11) is 0. The lowest BCUT2D eigenvalue weighted by molar-refractivity contribution is -0.116. The fourth-order valence-corrected chi connectivity index (χ4v) is 3.69. The number of nitrogens with zero attached hydrogens (tertiary/aromatic N) is 1. The zero-order valence-corrected chi connectivity index (χ0v) is 13.8. The molecule has 2 aromatic rings. The van der Waals surface area contributed by atoms with Crippen LogP contribution in [-0.4, -0.2) is 16.6 Å². The van der Waals surface area contributed by atoms with Crippen molar-refractivity contribution in [3.05, 3.63) is 34.8 Å². The van der Waals surface area contributed by atoms with Crippen LogP contribution in [0.3, 0.4) is 0 Å². The van der Waals surface area contributed by atoms with Gasteiger partial charge < -0.3 is 11.1 Å². The molecule has 0 unspecified atom stereocenters. The van der Waals surface area contributed by atoms with Gasteiger partial charge in [0.05, 0.1) is 0 Å². The fourth-order valence-electron chi connectivity index (χ4n) is 1.83. The van der Waals surface area contributed by atoms with E-state index in [0.29, 0.717) is 12.1 Å². The van der Waals surface area contributed by atoms with Gasteiger partial charge in [0, 0.05) is 34.6 Å². The second-order valence-electron chi connectivity index (χ2n) is 4.83. The van der Waals surface area contributed by atoms with Gasteiger partial charge in [-0.25, -0.2) is 4.98 Å². The fraction of sp³-hybridized carbons (Fsp3) is 0.333. The Balaban J connectivity index is 1.72. The van der Waals surface area contributed by atoms with Gasteiger partial charge in [0.25, 0.3) is 0 Å². The number of thioether (sulfide) groups is 1. The van der Waals surface area contributed by atoms with Gasteiger partial charge in [-0.3, -0.25) is 4.79 Å². The summed E-state index contributed by atoms with van der Waals surface area (Å²) in [5.41, 5.74) is 9.27. The van der Waals surface area contributed by atoms with Crippen molar-refractivity contribution in [2.24, 2.45) is 0 Å². The number of anilines is 2. The van der Waals surface area contributed by atoms with E-state index in [9.17, 15) is 4.79 Å². The van der Waals surface area contributed by atoms with Gasteiger partial charge in [-0.1, -0.05) is 11.8 Å². The molecule has 1 aromatic heterocycles. The molecule has 0 fully saturated rings. The Bertz CT molecular complexity index is 625. The van der Waals surface area contributed by atoms with E-state index < -0.39 is 0 Å². The Morgan fingerprint density at radius 1 is 1.43 bits per heavy atom. The van der Waals surface area contributed by atoms with Crippen LogP contribution in [0.1, 0.15) is 24.1 Å². The van der Waals surface area contributed by atoms with Crippen molar-refractivity contribution in [3.8, 4) is 0 Å². The number of hydrogen-bond acceptors (Lipinski definition) is 5. The molecule has 0 spiro atoms. The first kappa shape index (κ1) is 15.9. The average molecular weight is 321 g/mol. The number of carbonyl (C=O) groups is 1. The average Bonchev–Trinajstić information content (AvgIpc) is 2.84. The number of hydrogen-bond donors (Lipinski definition) is 2. The number of amides is 1. The van der Waals surface area contributed by atoms with Gasteiger partial charge in [0.1, 0.15) is 4.34 Å². The first-order valence-electron chi connectivity index (χ1n) is 6.75. The molecular weight excluding hydrogens is 302 g/mol. The molecule has 1 amide bonds. The highest BCUT2D eigenvalue weighted by atomic mass is 32.2. The highest BCUT2D eigenvalue weighted by Crippen LogP contribution is 2.23. The van der Waals surface area contributed by atoms with E-state index in [2.05, 4.69) is 10.3 Å². The molecule has 0 saturated heterocycles. The van der Waals surface area contributed by atoms with Gasteiger partial charge in [-0.2, -0.15) is 0 Å². The maximum atomic E-state index is 11.9. The normalized spacial score (nSPS) is 10.6. The van der Waals surface area contributed by atoms with E-state index in [1.54, 1.807) is 29.2 Å².